The van der Waals surface area contributed by atoms with E-state index in [2.05, 4.69) is 12.2 Å². The maximum Gasteiger partial charge on any atom is 0.230 e. The van der Waals surface area contributed by atoms with E-state index >= 15 is 0 Å². The summed E-state index contributed by atoms with van der Waals surface area (Å²) in [5.74, 6) is 0.947. The van der Waals surface area contributed by atoms with Crippen molar-refractivity contribution in [1.29, 1.82) is 0 Å². The Balaban J connectivity index is 1.81. The number of rotatable bonds is 4. The molecule has 2 atom stereocenters. The maximum absolute atomic E-state index is 12.4. The van der Waals surface area contributed by atoms with E-state index < -0.39 is 5.41 Å². The summed E-state index contributed by atoms with van der Waals surface area (Å²) in [6.07, 6.45) is 7.32. The van der Waals surface area contributed by atoms with E-state index in [9.17, 15) is 4.79 Å². The zero-order chi connectivity index (χ0) is 13.9. The third kappa shape index (κ3) is 3.29. The highest BCUT2D eigenvalue weighted by Crippen LogP contribution is 2.30. The summed E-state index contributed by atoms with van der Waals surface area (Å²) >= 11 is 0. The minimum absolute atomic E-state index is 0.0800. The molecule has 0 radical (unpaired) electrons. The number of amides is 1. The molecule has 3 N–H and O–H groups in total. The van der Waals surface area contributed by atoms with Gasteiger partial charge in [0.1, 0.15) is 0 Å². The van der Waals surface area contributed by atoms with Crippen molar-refractivity contribution < 1.29 is 9.53 Å². The first-order valence-electron chi connectivity index (χ1n) is 7.70. The van der Waals surface area contributed by atoms with Gasteiger partial charge in [0, 0.05) is 12.1 Å². The molecule has 2 rings (SSSR count). The van der Waals surface area contributed by atoms with Crippen molar-refractivity contribution in [2.45, 2.75) is 64.5 Å². The van der Waals surface area contributed by atoms with E-state index in [0.29, 0.717) is 19.3 Å². The zero-order valence-electron chi connectivity index (χ0n) is 12.3. The number of hydrogen-bond acceptors (Lipinski definition) is 3. The summed E-state index contributed by atoms with van der Waals surface area (Å²) in [4.78, 5) is 12.4. The molecular formula is C15H28N2O2. The van der Waals surface area contributed by atoms with Gasteiger partial charge in [-0.2, -0.15) is 0 Å². The quantitative estimate of drug-likeness (QED) is 0.817. The largest absolute Gasteiger partial charge is 0.379 e. The standard InChI is InChI=1S/C15H28N2O2/c1-3-4-11-5-7-12(8-6-11)17-14(18)15(2)10-19-9-13(15)16/h11-13H,3-10,16H2,1-2H3,(H,17,18). The van der Waals surface area contributed by atoms with E-state index in [-0.39, 0.29) is 11.9 Å². The van der Waals surface area contributed by atoms with E-state index in [1.165, 1.54) is 25.7 Å². The second-order valence-electron chi connectivity index (χ2n) is 6.52. The molecule has 1 amide bonds. The first kappa shape index (κ1) is 14.8. The van der Waals surface area contributed by atoms with Gasteiger partial charge in [-0.3, -0.25) is 4.79 Å². The molecule has 2 unspecified atom stereocenters. The second-order valence-corrected chi connectivity index (χ2v) is 6.52. The lowest BCUT2D eigenvalue weighted by Crippen LogP contribution is -2.52. The number of nitrogens with two attached hydrogens (primary N) is 1. The average molecular weight is 268 g/mol. The Morgan fingerprint density at radius 2 is 2.05 bits per heavy atom. The van der Waals surface area contributed by atoms with Crippen LogP contribution in [0.15, 0.2) is 0 Å². The van der Waals surface area contributed by atoms with E-state index in [1.807, 2.05) is 6.92 Å². The van der Waals surface area contributed by atoms with Crippen molar-refractivity contribution in [3.63, 3.8) is 0 Å². The monoisotopic (exact) mass is 268 g/mol. The van der Waals surface area contributed by atoms with Crippen molar-refractivity contribution in [1.82, 2.24) is 5.32 Å². The van der Waals surface area contributed by atoms with Crippen LogP contribution in [0.1, 0.15) is 52.4 Å². The average Bonchev–Trinajstić information content (AvgIpc) is 2.74. The minimum Gasteiger partial charge on any atom is -0.379 e. The van der Waals surface area contributed by atoms with Crippen molar-refractivity contribution in [2.24, 2.45) is 17.1 Å². The Morgan fingerprint density at radius 1 is 1.37 bits per heavy atom. The molecule has 0 aromatic carbocycles. The molecule has 110 valence electrons. The highest BCUT2D eigenvalue weighted by molar-refractivity contribution is 5.83. The molecule has 4 heteroatoms. The predicted octanol–water partition coefficient (Wildman–Crippen LogP) is 1.83. The van der Waals surface area contributed by atoms with Gasteiger partial charge in [-0.15, -0.1) is 0 Å². The molecule has 1 saturated heterocycles. The van der Waals surface area contributed by atoms with Crippen LogP contribution in [0.2, 0.25) is 0 Å². The molecule has 0 spiro atoms. The first-order chi connectivity index (χ1) is 9.06. The molecule has 1 aliphatic heterocycles. The minimum atomic E-state index is -0.541. The molecule has 0 bridgehead atoms. The normalized spacial score (nSPS) is 39.2. The molecule has 0 aromatic rings. The Hall–Kier alpha value is -0.610. The lowest BCUT2D eigenvalue weighted by molar-refractivity contribution is -0.131. The van der Waals surface area contributed by atoms with Gasteiger partial charge >= 0.3 is 0 Å². The summed E-state index contributed by atoms with van der Waals surface area (Å²) in [6, 6.07) is 0.161. The van der Waals surface area contributed by atoms with Gasteiger partial charge in [0.25, 0.3) is 0 Å². The van der Waals surface area contributed by atoms with E-state index in [0.717, 1.165) is 18.8 Å². The van der Waals surface area contributed by atoms with Crippen LogP contribution < -0.4 is 11.1 Å². The SMILES string of the molecule is CCCC1CCC(NC(=O)C2(C)COCC2N)CC1. The van der Waals surface area contributed by atoms with Crippen molar-refractivity contribution >= 4 is 5.91 Å². The van der Waals surface area contributed by atoms with Gasteiger partial charge in [-0.1, -0.05) is 19.8 Å². The highest BCUT2D eigenvalue weighted by Gasteiger charge is 2.44. The molecule has 1 heterocycles. The van der Waals surface area contributed by atoms with Gasteiger partial charge < -0.3 is 15.8 Å². The van der Waals surface area contributed by atoms with Gasteiger partial charge in [0.15, 0.2) is 0 Å². The Bertz CT molecular complexity index is 313. The molecule has 2 fully saturated rings. The predicted molar refractivity (Wildman–Crippen MR) is 75.7 cm³/mol. The number of carbonyl (C=O) groups is 1. The Kier molecular flexibility index (Phi) is 4.85. The number of ether oxygens (including phenoxy) is 1. The first-order valence-corrected chi connectivity index (χ1v) is 7.70. The van der Waals surface area contributed by atoms with Gasteiger partial charge in [-0.25, -0.2) is 0 Å². The Labute approximate surface area is 116 Å². The summed E-state index contributed by atoms with van der Waals surface area (Å²) in [5.41, 5.74) is 5.45. The summed E-state index contributed by atoms with van der Waals surface area (Å²) in [5, 5.41) is 3.20. The van der Waals surface area contributed by atoms with E-state index in [4.69, 9.17) is 10.5 Å². The lowest BCUT2D eigenvalue weighted by Gasteiger charge is -2.32. The fourth-order valence-corrected chi connectivity index (χ4v) is 3.28. The van der Waals surface area contributed by atoms with E-state index in [1.54, 1.807) is 0 Å². The van der Waals surface area contributed by atoms with Crippen LogP contribution in [0, 0.1) is 11.3 Å². The third-order valence-corrected chi connectivity index (χ3v) is 4.92. The van der Waals surface area contributed by atoms with Crippen molar-refractivity contribution in [3.05, 3.63) is 0 Å². The second kappa shape index (κ2) is 6.23. The highest BCUT2D eigenvalue weighted by atomic mass is 16.5. The zero-order valence-corrected chi connectivity index (χ0v) is 12.3. The summed E-state index contributed by atoms with van der Waals surface area (Å²) in [6.45, 7) is 5.11. The fraction of sp³-hybridized carbons (Fsp3) is 0.933. The molecule has 2 aliphatic rings. The molecule has 1 aliphatic carbocycles. The van der Waals surface area contributed by atoms with Crippen LogP contribution in [-0.2, 0) is 9.53 Å². The molecular weight excluding hydrogens is 240 g/mol. The topological polar surface area (TPSA) is 64.3 Å². The Morgan fingerprint density at radius 3 is 2.58 bits per heavy atom. The molecule has 4 nitrogen and oxygen atoms in total. The number of hydrogen-bond donors (Lipinski definition) is 2. The van der Waals surface area contributed by atoms with Crippen LogP contribution in [0.3, 0.4) is 0 Å². The van der Waals surface area contributed by atoms with Crippen molar-refractivity contribution in [3.8, 4) is 0 Å². The summed E-state index contributed by atoms with van der Waals surface area (Å²) < 4.78 is 5.35. The fourth-order valence-electron chi connectivity index (χ4n) is 3.28. The number of carbonyl (C=O) groups excluding carboxylic acids is 1. The van der Waals surface area contributed by atoms with Crippen LogP contribution >= 0.6 is 0 Å². The number of nitrogens with one attached hydrogen (secondary N) is 1. The molecule has 1 saturated carbocycles. The third-order valence-electron chi connectivity index (χ3n) is 4.92. The van der Waals surface area contributed by atoms with Gasteiger partial charge in [0.05, 0.1) is 18.6 Å². The van der Waals surface area contributed by atoms with Gasteiger partial charge in [0.2, 0.25) is 5.91 Å². The van der Waals surface area contributed by atoms with Crippen LogP contribution in [0.4, 0.5) is 0 Å². The van der Waals surface area contributed by atoms with Gasteiger partial charge in [-0.05, 0) is 38.5 Å². The van der Waals surface area contributed by atoms with Crippen molar-refractivity contribution in [2.75, 3.05) is 13.2 Å². The van der Waals surface area contributed by atoms with Crippen LogP contribution in [0.5, 0.6) is 0 Å². The molecule has 19 heavy (non-hydrogen) atoms. The lowest BCUT2D eigenvalue weighted by atomic mass is 9.81. The smallest absolute Gasteiger partial charge is 0.230 e. The maximum atomic E-state index is 12.4. The van der Waals surface area contributed by atoms with Crippen LogP contribution in [0.25, 0.3) is 0 Å². The summed E-state index contributed by atoms with van der Waals surface area (Å²) in [7, 11) is 0. The molecule has 0 aromatic heterocycles. The van der Waals surface area contributed by atoms with Crippen LogP contribution in [-0.4, -0.2) is 31.2 Å².